The number of hydrogen-bond acceptors (Lipinski definition) is 5. The molecule has 0 bridgehead atoms. The number of rotatable bonds is 5. The third kappa shape index (κ3) is 6.40. The summed E-state index contributed by atoms with van der Waals surface area (Å²) in [7, 11) is 0. The topological polar surface area (TPSA) is 78.6 Å². The van der Waals surface area contributed by atoms with Gasteiger partial charge in [0.2, 0.25) is 0 Å². The Morgan fingerprint density at radius 3 is 2.35 bits per heavy atom. The second-order valence-corrected chi connectivity index (χ2v) is 7.16. The first-order chi connectivity index (χ1) is 10.5. The maximum absolute atomic E-state index is 12.3. The number of esters is 2. The summed E-state index contributed by atoms with van der Waals surface area (Å²) >= 11 is 0. The molecular formula is C18H27NO4. The third-order valence-corrected chi connectivity index (χ3v) is 2.99. The minimum atomic E-state index is -0.720. The molecule has 1 aromatic carbocycles. The van der Waals surface area contributed by atoms with Gasteiger partial charge in [0.25, 0.3) is 0 Å². The number of benzene rings is 1. The molecule has 23 heavy (non-hydrogen) atoms. The molecule has 1 aromatic rings. The highest BCUT2D eigenvalue weighted by Crippen LogP contribution is 2.24. The zero-order chi connectivity index (χ0) is 17.8. The first-order valence-electron chi connectivity index (χ1n) is 7.81. The van der Waals surface area contributed by atoms with Gasteiger partial charge in [-0.15, -0.1) is 0 Å². The van der Waals surface area contributed by atoms with Crippen molar-refractivity contribution in [1.29, 1.82) is 0 Å². The summed E-state index contributed by atoms with van der Waals surface area (Å²) in [5.41, 5.74) is 6.30. The highest BCUT2D eigenvalue weighted by Gasteiger charge is 2.24. The van der Waals surface area contributed by atoms with Crippen LogP contribution in [0.4, 0.5) is 0 Å². The lowest BCUT2D eigenvalue weighted by molar-refractivity contribution is -0.136. The van der Waals surface area contributed by atoms with Gasteiger partial charge in [-0.05, 0) is 57.7 Å². The van der Waals surface area contributed by atoms with E-state index < -0.39 is 23.6 Å². The van der Waals surface area contributed by atoms with Crippen LogP contribution in [0, 0.1) is 12.8 Å². The summed E-state index contributed by atoms with van der Waals surface area (Å²) in [6.07, 6.45) is 0.520. The van der Waals surface area contributed by atoms with E-state index in [1.165, 1.54) is 0 Å². The molecule has 0 saturated heterocycles. The Labute approximate surface area is 138 Å². The van der Waals surface area contributed by atoms with Crippen molar-refractivity contribution in [2.75, 3.05) is 0 Å². The van der Waals surface area contributed by atoms with Gasteiger partial charge >= 0.3 is 11.9 Å². The van der Waals surface area contributed by atoms with Crippen LogP contribution in [0.1, 0.15) is 57.0 Å². The maximum Gasteiger partial charge on any atom is 0.342 e. The average Bonchev–Trinajstić information content (AvgIpc) is 2.35. The summed E-state index contributed by atoms with van der Waals surface area (Å²) < 4.78 is 10.7. The largest absolute Gasteiger partial charge is 0.456 e. The van der Waals surface area contributed by atoms with Gasteiger partial charge in [0.05, 0.1) is 0 Å². The normalized spacial score (nSPS) is 12.9. The Bertz CT molecular complexity index is 573. The van der Waals surface area contributed by atoms with E-state index >= 15 is 0 Å². The molecule has 128 valence electrons. The number of nitrogens with two attached hydrogens (primary N) is 1. The molecule has 0 aliphatic rings. The molecule has 0 aliphatic carbocycles. The Kier molecular flexibility index (Phi) is 6.33. The van der Waals surface area contributed by atoms with Crippen molar-refractivity contribution < 1.29 is 19.1 Å². The summed E-state index contributed by atoms with van der Waals surface area (Å²) in [5, 5.41) is 0. The van der Waals surface area contributed by atoms with Gasteiger partial charge in [0.1, 0.15) is 23.0 Å². The van der Waals surface area contributed by atoms with Gasteiger partial charge in [-0.1, -0.05) is 19.9 Å². The van der Waals surface area contributed by atoms with Gasteiger partial charge in [-0.2, -0.15) is 0 Å². The van der Waals surface area contributed by atoms with Gasteiger partial charge in [-0.3, -0.25) is 0 Å². The van der Waals surface area contributed by atoms with E-state index in [0.29, 0.717) is 6.42 Å². The zero-order valence-electron chi connectivity index (χ0n) is 14.8. The lowest BCUT2D eigenvalue weighted by atomic mass is 10.0. The van der Waals surface area contributed by atoms with Crippen molar-refractivity contribution in [2.24, 2.45) is 11.7 Å². The second kappa shape index (κ2) is 7.59. The monoisotopic (exact) mass is 321 g/mol. The molecule has 1 atom stereocenters. The van der Waals surface area contributed by atoms with Gasteiger partial charge in [0, 0.05) is 0 Å². The highest BCUT2D eigenvalue weighted by atomic mass is 16.6. The molecule has 1 unspecified atom stereocenters. The molecule has 0 amide bonds. The fourth-order valence-corrected chi connectivity index (χ4v) is 2.00. The Morgan fingerprint density at radius 1 is 1.22 bits per heavy atom. The van der Waals surface area contributed by atoms with Crippen molar-refractivity contribution in [1.82, 2.24) is 0 Å². The molecule has 5 heteroatoms. The van der Waals surface area contributed by atoms with E-state index in [4.69, 9.17) is 15.2 Å². The molecule has 0 radical (unpaired) electrons. The predicted molar refractivity (Wildman–Crippen MR) is 89.4 cm³/mol. The highest BCUT2D eigenvalue weighted by molar-refractivity contribution is 5.94. The molecule has 0 spiro atoms. The number of ether oxygens (including phenoxy) is 2. The van der Waals surface area contributed by atoms with Crippen LogP contribution in [0.5, 0.6) is 5.75 Å². The maximum atomic E-state index is 12.3. The van der Waals surface area contributed by atoms with Crippen LogP contribution in [0.2, 0.25) is 0 Å². The van der Waals surface area contributed by atoms with Crippen molar-refractivity contribution in [3.05, 3.63) is 29.3 Å². The lowest BCUT2D eigenvalue weighted by Crippen LogP contribution is -2.35. The molecular weight excluding hydrogens is 294 g/mol. The van der Waals surface area contributed by atoms with Crippen molar-refractivity contribution in [3.63, 3.8) is 0 Å². The third-order valence-electron chi connectivity index (χ3n) is 2.99. The van der Waals surface area contributed by atoms with Crippen LogP contribution in [0.3, 0.4) is 0 Å². The van der Waals surface area contributed by atoms with E-state index in [2.05, 4.69) is 0 Å². The molecule has 0 saturated carbocycles. The molecule has 0 fully saturated rings. The van der Waals surface area contributed by atoms with Crippen LogP contribution in [0.15, 0.2) is 18.2 Å². The van der Waals surface area contributed by atoms with Gasteiger partial charge < -0.3 is 15.2 Å². The Balaban J connectivity index is 2.99. The van der Waals surface area contributed by atoms with E-state index in [0.717, 1.165) is 5.56 Å². The van der Waals surface area contributed by atoms with Crippen LogP contribution >= 0.6 is 0 Å². The van der Waals surface area contributed by atoms with Crippen LogP contribution < -0.4 is 10.5 Å². The predicted octanol–water partition coefficient (Wildman–Crippen LogP) is 3.23. The first kappa shape index (κ1) is 19.2. The van der Waals surface area contributed by atoms with E-state index in [1.54, 1.807) is 39.0 Å². The molecule has 2 N–H and O–H groups in total. The van der Waals surface area contributed by atoms with Crippen molar-refractivity contribution in [2.45, 2.75) is 59.6 Å². The minimum absolute atomic E-state index is 0.184. The summed E-state index contributed by atoms with van der Waals surface area (Å²) in [6.45, 7) is 11.2. The van der Waals surface area contributed by atoms with E-state index in [9.17, 15) is 9.59 Å². The molecule has 1 rings (SSSR count). The standard InChI is InChI=1S/C18H27NO4/c1-11(2)9-14(19)17(21)22-15-10-12(3)7-8-13(15)16(20)23-18(4,5)6/h7-8,10-11,14H,9,19H2,1-6H3. The van der Waals surface area contributed by atoms with Crippen LogP contribution in [-0.4, -0.2) is 23.6 Å². The van der Waals surface area contributed by atoms with E-state index in [-0.39, 0.29) is 17.2 Å². The molecule has 0 heterocycles. The first-order valence-corrected chi connectivity index (χ1v) is 7.81. The number of hydrogen-bond donors (Lipinski definition) is 1. The SMILES string of the molecule is Cc1ccc(C(=O)OC(C)(C)C)c(OC(=O)C(N)CC(C)C)c1. The quantitative estimate of drug-likeness (QED) is 0.665. The Morgan fingerprint density at radius 2 is 1.83 bits per heavy atom. The van der Waals surface area contributed by atoms with Crippen molar-refractivity contribution >= 4 is 11.9 Å². The van der Waals surface area contributed by atoms with Gasteiger partial charge in [0.15, 0.2) is 0 Å². The number of aryl methyl sites for hydroxylation is 1. The van der Waals surface area contributed by atoms with Crippen LogP contribution in [-0.2, 0) is 9.53 Å². The van der Waals surface area contributed by atoms with E-state index in [1.807, 2.05) is 20.8 Å². The summed E-state index contributed by atoms with van der Waals surface area (Å²) in [4.78, 5) is 24.4. The van der Waals surface area contributed by atoms with Crippen molar-refractivity contribution in [3.8, 4) is 5.75 Å². The van der Waals surface area contributed by atoms with Crippen LogP contribution in [0.25, 0.3) is 0 Å². The number of carbonyl (C=O) groups is 2. The Hall–Kier alpha value is -1.88. The zero-order valence-corrected chi connectivity index (χ0v) is 14.8. The smallest absolute Gasteiger partial charge is 0.342 e. The molecule has 5 nitrogen and oxygen atoms in total. The summed E-state index contributed by atoms with van der Waals surface area (Å²) in [6, 6.07) is 4.28. The average molecular weight is 321 g/mol. The second-order valence-electron chi connectivity index (χ2n) is 7.16. The lowest BCUT2D eigenvalue weighted by Gasteiger charge is -2.21. The van der Waals surface area contributed by atoms with Gasteiger partial charge in [-0.25, -0.2) is 9.59 Å². The number of carbonyl (C=O) groups excluding carboxylic acids is 2. The molecule has 0 aliphatic heterocycles. The fourth-order valence-electron chi connectivity index (χ4n) is 2.00. The fraction of sp³-hybridized carbons (Fsp3) is 0.556. The summed E-state index contributed by atoms with van der Waals surface area (Å²) in [5.74, 6) is -0.615. The molecule has 0 aromatic heterocycles. The minimum Gasteiger partial charge on any atom is -0.456 e.